The van der Waals surface area contributed by atoms with Crippen LogP contribution in [0.5, 0.6) is 0 Å². The molecule has 1 aliphatic rings. The Labute approximate surface area is 178 Å². The smallest absolute Gasteiger partial charge is 0.266 e. The molecule has 0 aliphatic carbocycles. The lowest BCUT2D eigenvalue weighted by molar-refractivity contribution is -0.122. The van der Waals surface area contributed by atoms with Crippen molar-refractivity contribution in [1.82, 2.24) is 4.90 Å². The standard InChI is InChI=1S/C21H17ClN2O2S2/c22-16-9-11-17(12-10-16)23-19(25)13-14-24-20(26)18(28-21(24)27)8-4-7-15-5-2-1-3-6-15/h1-12H,13-14H2,(H,23,25)/b7-4+,18-8-. The fourth-order valence-electron chi connectivity index (χ4n) is 2.49. The largest absolute Gasteiger partial charge is 0.326 e. The number of hydrogen-bond acceptors (Lipinski definition) is 4. The topological polar surface area (TPSA) is 49.4 Å². The summed E-state index contributed by atoms with van der Waals surface area (Å²) in [5.74, 6) is -0.365. The highest BCUT2D eigenvalue weighted by atomic mass is 35.5. The fourth-order valence-corrected chi connectivity index (χ4v) is 3.87. The minimum absolute atomic E-state index is 0.155. The lowest BCUT2D eigenvalue weighted by Gasteiger charge is -2.14. The summed E-state index contributed by atoms with van der Waals surface area (Å²) < 4.78 is 0.462. The normalized spacial score (nSPS) is 15.6. The Bertz CT molecular complexity index is 941. The van der Waals surface area contributed by atoms with Gasteiger partial charge < -0.3 is 5.32 Å². The number of nitrogens with zero attached hydrogens (tertiary/aromatic N) is 1. The van der Waals surface area contributed by atoms with E-state index in [4.69, 9.17) is 23.8 Å². The van der Waals surface area contributed by atoms with Crippen LogP contribution < -0.4 is 5.32 Å². The number of carbonyl (C=O) groups excluding carboxylic acids is 2. The minimum atomic E-state index is -0.190. The van der Waals surface area contributed by atoms with E-state index in [0.29, 0.717) is 19.9 Å². The number of nitrogens with one attached hydrogen (secondary N) is 1. The summed E-state index contributed by atoms with van der Waals surface area (Å²) in [5, 5.41) is 3.38. The molecule has 28 heavy (non-hydrogen) atoms. The van der Waals surface area contributed by atoms with Crippen molar-refractivity contribution in [2.75, 3.05) is 11.9 Å². The van der Waals surface area contributed by atoms with Gasteiger partial charge in [0.1, 0.15) is 4.32 Å². The molecule has 142 valence electrons. The third kappa shape index (κ3) is 5.55. The molecule has 2 aromatic carbocycles. The zero-order valence-electron chi connectivity index (χ0n) is 14.8. The van der Waals surface area contributed by atoms with Gasteiger partial charge in [-0.15, -0.1) is 0 Å². The second-order valence-electron chi connectivity index (χ2n) is 5.93. The number of halogens is 1. The summed E-state index contributed by atoms with van der Waals surface area (Å²) in [7, 11) is 0. The van der Waals surface area contributed by atoms with Crippen LogP contribution in [0, 0.1) is 0 Å². The van der Waals surface area contributed by atoms with Gasteiger partial charge in [-0.05, 0) is 35.9 Å². The van der Waals surface area contributed by atoms with E-state index in [-0.39, 0.29) is 24.8 Å². The molecule has 7 heteroatoms. The molecule has 4 nitrogen and oxygen atoms in total. The molecule has 2 amide bonds. The Morgan fingerprint density at radius 2 is 1.86 bits per heavy atom. The summed E-state index contributed by atoms with van der Waals surface area (Å²) >= 11 is 12.4. The van der Waals surface area contributed by atoms with Gasteiger partial charge in [0, 0.05) is 23.7 Å². The molecule has 0 saturated carbocycles. The Morgan fingerprint density at radius 1 is 1.14 bits per heavy atom. The van der Waals surface area contributed by atoms with Crippen LogP contribution in [0.3, 0.4) is 0 Å². The molecule has 0 radical (unpaired) electrons. The van der Waals surface area contributed by atoms with Crippen molar-refractivity contribution >= 4 is 63.5 Å². The summed E-state index contributed by atoms with van der Waals surface area (Å²) in [6, 6.07) is 16.7. The Balaban J connectivity index is 1.54. The van der Waals surface area contributed by atoms with E-state index in [1.165, 1.54) is 16.7 Å². The van der Waals surface area contributed by atoms with Gasteiger partial charge in [-0.1, -0.05) is 78.1 Å². The molecular weight excluding hydrogens is 412 g/mol. The quantitative estimate of drug-likeness (QED) is 0.512. The van der Waals surface area contributed by atoms with Gasteiger partial charge in [-0.2, -0.15) is 0 Å². The van der Waals surface area contributed by atoms with Gasteiger partial charge in [0.05, 0.1) is 4.91 Å². The van der Waals surface area contributed by atoms with Crippen molar-refractivity contribution in [3.05, 3.63) is 82.2 Å². The first-order valence-corrected chi connectivity index (χ1v) is 10.2. The molecule has 1 aliphatic heterocycles. The number of allylic oxidation sites excluding steroid dienone is 2. The first kappa shape index (κ1) is 20.3. The van der Waals surface area contributed by atoms with Gasteiger partial charge in [-0.25, -0.2) is 0 Å². The lowest BCUT2D eigenvalue weighted by atomic mass is 10.2. The predicted octanol–water partition coefficient (Wildman–Crippen LogP) is 5.13. The molecular formula is C21H17ClN2O2S2. The molecule has 1 saturated heterocycles. The SMILES string of the molecule is O=C(CCN1C(=O)/C(=C/C=C/c2ccccc2)SC1=S)Nc1ccc(Cl)cc1. The number of anilines is 1. The molecule has 0 spiro atoms. The monoisotopic (exact) mass is 428 g/mol. The van der Waals surface area contributed by atoms with Crippen molar-refractivity contribution < 1.29 is 9.59 Å². The van der Waals surface area contributed by atoms with E-state index >= 15 is 0 Å². The van der Waals surface area contributed by atoms with Crippen LogP contribution in [0.4, 0.5) is 5.69 Å². The van der Waals surface area contributed by atoms with Gasteiger partial charge in [0.2, 0.25) is 5.91 Å². The summed E-state index contributed by atoms with van der Waals surface area (Å²) in [6.45, 7) is 0.240. The molecule has 3 rings (SSSR count). The number of rotatable bonds is 6. The molecule has 0 aromatic heterocycles. The minimum Gasteiger partial charge on any atom is -0.326 e. The van der Waals surface area contributed by atoms with Crippen LogP contribution >= 0.6 is 35.6 Å². The van der Waals surface area contributed by atoms with E-state index in [1.54, 1.807) is 30.3 Å². The average molecular weight is 429 g/mol. The summed E-state index contributed by atoms with van der Waals surface area (Å²) in [4.78, 5) is 26.7. The van der Waals surface area contributed by atoms with E-state index in [2.05, 4.69) is 5.32 Å². The molecule has 0 atom stereocenters. The Morgan fingerprint density at radius 3 is 2.57 bits per heavy atom. The van der Waals surface area contributed by atoms with Crippen LogP contribution in [-0.2, 0) is 9.59 Å². The van der Waals surface area contributed by atoms with E-state index in [1.807, 2.05) is 42.5 Å². The average Bonchev–Trinajstić information content (AvgIpc) is 2.96. The van der Waals surface area contributed by atoms with Crippen LogP contribution in [0.2, 0.25) is 5.02 Å². The number of hydrogen-bond donors (Lipinski definition) is 1. The third-order valence-electron chi connectivity index (χ3n) is 3.90. The maximum atomic E-state index is 12.5. The Kier molecular flexibility index (Phi) is 7.03. The van der Waals surface area contributed by atoms with Crippen LogP contribution in [0.1, 0.15) is 12.0 Å². The van der Waals surface area contributed by atoms with E-state index in [0.717, 1.165) is 5.56 Å². The molecule has 0 unspecified atom stereocenters. The maximum absolute atomic E-state index is 12.5. The highest BCUT2D eigenvalue weighted by Gasteiger charge is 2.31. The fraction of sp³-hybridized carbons (Fsp3) is 0.0952. The van der Waals surface area contributed by atoms with E-state index < -0.39 is 0 Å². The molecule has 2 aromatic rings. The van der Waals surface area contributed by atoms with Crippen molar-refractivity contribution in [2.24, 2.45) is 0 Å². The molecule has 1 heterocycles. The van der Waals surface area contributed by atoms with Crippen molar-refractivity contribution in [1.29, 1.82) is 0 Å². The summed E-state index contributed by atoms with van der Waals surface area (Å²) in [6.07, 6.45) is 5.66. The van der Waals surface area contributed by atoms with Crippen molar-refractivity contribution in [2.45, 2.75) is 6.42 Å². The van der Waals surface area contributed by atoms with E-state index in [9.17, 15) is 9.59 Å². The number of thioether (sulfide) groups is 1. The van der Waals surface area contributed by atoms with Gasteiger partial charge >= 0.3 is 0 Å². The number of amides is 2. The highest BCUT2D eigenvalue weighted by Crippen LogP contribution is 2.31. The summed E-state index contributed by atoms with van der Waals surface area (Å²) in [5.41, 5.74) is 1.71. The van der Waals surface area contributed by atoms with Crippen LogP contribution in [0.25, 0.3) is 6.08 Å². The first-order valence-electron chi connectivity index (χ1n) is 8.55. The number of carbonyl (C=O) groups is 2. The van der Waals surface area contributed by atoms with Crippen molar-refractivity contribution in [3.63, 3.8) is 0 Å². The van der Waals surface area contributed by atoms with Crippen molar-refractivity contribution in [3.8, 4) is 0 Å². The van der Waals surface area contributed by atoms with Gasteiger partial charge in [-0.3, -0.25) is 14.5 Å². The van der Waals surface area contributed by atoms with Crippen LogP contribution in [0.15, 0.2) is 71.7 Å². The molecule has 1 N–H and O–H groups in total. The van der Waals surface area contributed by atoms with Gasteiger partial charge in [0.15, 0.2) is 0 Å². The maximum Gasteiger partial charge on any atom is 0.266 e. The number of thiocarbonyl (C=S) groups is 1. The Hall–Kier alpha value is -2.41. The molecule has 0 bridgehead atoms. The first-order chi connectivity index (χ1) is 13.5. The zero-order valence-corrected chi connectivity index (χ0v) is 17.2. The second-order valence-corrected chi connectivity index (χ2v) is 8.04. The van der Waals surface area contributed by atoms with Crippen LogP contribution in [-0.4, -0.2) is 27.6 Å². The zero-order chi connectivity index (χ0) is 19.9. The second kappa shape index (κ2) is 9.68. The van der Waals surface area contributed by atoms with Gasteiger partial charge in [0.25, 0.3) is 5.91 Å². The lowest BCUT2D eigenvalue weighted by Crippen LogP contribution is -2.31. The third-order valence-corrected chi connectivity index (χ3v) is 5.55. The molecule has 1 fully saturated rings. The highest BCUT2D eigenvalue weighted by molar-refractivity contribution is 8.26. The predicted molar refractivity (Wildman–Crippen MR) is 120 cm³/mol. The number of benzene rings is 2.